The van der Waals surface area contributed by atoms with E-state index in [0.717, 1.165) is 28.9 Å². The van der Waals surface area contributed by atoms with Crippen molar-refractivity contribution in [1.82, 2.24) is 25.8 Å². The van der Waals surface area contributed by atoms with Gasteiger partial charge in [0.25, 0.3) is 0 Å². The van der Waals surface area contributed by atoms with E-state index in [2.05, 4.69) is 55.1 Å². The highest BCUT2D eigenvalue weighted by molar-refractivity contribution is 6.18. The summed E-state index contributed by atoms with van der Waals surface area (Å²) in [5, 5.41) is 13.7. The molecule has 7 nitrogen and oxygen atoms in total. The molecular weight excluding hydrogens is 383 g/mol. The van der Waals surface area contributed by atoms with Gasteiger partial charge in [0.2, 0.25) is 0 Å². The number of carbonyl (C=O) groups excluding carboxylic acids is 1. The second-order valence-electron chi connectivity index (χ2n) is 7.59. The summed E-state index contributed by atoms with van der Waals surface area (Å²) in [5.74, 6) is -0.212. The summed E-state index contributed by atoms with van der Waals surface area (Å²) in [6, 6.07) is 11.0. The summed E-state index contributed by atoms with van der Waals surface area (Å²) in [6.07, 6.45) is 1.47. The first-order chi connectivity index (χ1) is 14.7. The Balaban J connectivity index is 1.66. The predicted octanol–water partition coefficient (Wildman–Crippen LogP) is 2.28. The molecule has 152 valence electrons. The Morgan fingerprint density at radius 3 is 2.80 bits per heavy atom. The fourth-order valence-corrected chi connectivity index (χ4v) is 4.41. The molecule has 0 spiro atoms. The van der Waals surface area contributed by atoms with Gasteiger partial charge in [-0.1, -0.05) is 24.3 Å². The number of hydrogen-bond donors (Lipinski definition) is 3. The van der Waals surface area contributed by atoms with Crippen LogP contribution in [0.25, 0.3) is 0 Å². The van der Waals surface area contributed by atoms with Crippen LogP contribution in [-0.2, 0) is 13.1 Å². The molecule has 2 aromatic carbocycles. The zero-order valence-corrected chi connectivity index (χ0v) is 16.4. The quantitative estimate of drug-likeness (QED) is 0.620. The molecule has 0 bridgehead atoms. The van der Waals surface area contributed by atoms with Gasteiger partial charge in [-0.05, 0) is 35.9 Å². The average molecular weight is 404 g/mol. The van der Waals surface area contributed by atoms with E-state index in [1.165, 1.54) is 24.0 Å². The normalized spacial score (nSPS) is 20.5. The molecule has 2 atom stereocenters. The van der Waals surface area contributed by atoms with Crippen LogP contribution >= 0.6 is 0 Å². The molecule has 2 unspecified atom stereocenters. The van der Waals surface area contributed by atoms with Gasteiger partial charge >= 0.3 is 0 Å². The molecular formula is C22H21FN6O. The maximum atomic E-state index is 14.3. The van der Waals surface area contributed by atoms with Crippen molar-refractivity contribution in [2.75, 3.05) is 13.6 Å². The highest BCUT2D eigenvalue weighted by Crippen LogP contribution is 2.39. The molecule has 1 aromatic heterocycles. The minimum Gasteiger partial charge on any atom is -0.316 e. The number of nitrogens with one attached hydrogen (secondary N) is 3. The van der Waals surface area contributed by atoms with Crippen molar-refractivity contribution >= 4 is 11.5 Å². The van der Waals surface area contributed by atoms with Crippen molar-refractivity contribution < 1.29 is 9.18 Å². The topological polar surface area (TPSA) is 95.1 Å². The van der Waals surface area contributed by atoms with Crippen LogP contribution in [-0.4, -0.2) is 40.3 Å². The predicted molar refractivity (Wildman–Crippen MR) is 110 cm³/mol. The molecule has 0 radical (unpaired) electrons. The number of benzene rings is 2. The van der Waals surface area contributed by atoms with E-state index in [1.807, 2.05) is 7.05 Å². The molecule has 0 amide bonds. The van der Waals surface area contributed by atoms with Gasteiger partial charge in [-0.25, -0.2) is 9.37 Å². The van der Waals surface area contributed by atoms with Gasteiger partial charge in [-0.15, -0.1) is 0 Å². The number of nitrogens with zero attached hydrogens (tertiary/aromatic N) is 3. The molecule has 5 rings (SSSR count). The van der Waals surface area contributed by atoms with E-state index in [4.69, 9.17) is 0 Å². The lowest BCUT2D eigenvalue weighted by Crippen LogP contribution is -2.31. The molecule has 0 saturated heterocycles. The Bertz CT molecular complexity index is 1120. The van der Waals surface area contributed by atoms with Gasteiger partial charge in [-0.3, -0.25) is 14.9 Å². The van der Waals surface area contributed by atoms with Crippen LogP contribution in [0.5, 0.6) is 0 Å². The van der Waals surface area contributed by atoms with E-state index >= 15 is 0 Å². The number of aromatic amines is 1. The molecule has 30 heavy (non-hydrogen) atoms. The third-order valence-electron chi connectivity index (χ3n) is 5.72. The molecule has 0 saturated carbocycles. The Kier molecular flexibility index (Phi) is 4.72. The van der Waals surface area contributed by atoms with Crippen LogP contribution < -0.4 is 10.6 Å². The monoisotopic (exact) mass is 404 g/mol. The summed E-state index contributed by atoms with van der Waals surface area (Å²) in [7, 11) is 1.91. The first-order valence-electron chi connectivity index (χ1n) is 9.88. The van der Waals surface area contributed by atoms with Crippen molar-refractivity contribution in [1.29, 1.82) is 0 Å². The van der Waals surface area contributed by atoms with Crippen LogP contribution in [0.4, 0.5) is 4.39 Å². The maximum Gasteiger partial charge on any atom is 0.184 e. The number of Topliss-reactive ketones (excluding diaryl/α,β-unsaturated/α-hetero) is 1. The van der Waals surface area contributed by atoms with Gasteiger partial charge < -0.3 is 10.6 Å². The molecule has 2 aliphatic rings. The van der Waals surface area contributed by atoms with Crippen LogP contribution in [0.15, 0.2) is 47.7 Å². The summed E-state index contributed by atoms with van der Waals surface area (Å²) < 4.78 is 14.3. The Labute approximate surface area is 172 Å². The van der Waals surface area contributed by atoms with E-state index in [9.17, 15) is 9.18 Å². The lowest BCUT2D eigenvalue weighted by molar-refractivity contribution is 0.0999. The second kappa shape index (κ2) is 7.55. The second-order valence-corrected chi connectivity index (χ2v) is 7.59. The Morgan fingerprint density at radius 2 is 2.07 bits per heavy atom. The summed E-state index contributed by atoms with van der Waals surface area (Å²) in [4.78, 5) is 21.5. The number of rotatable bonds is 4. The third-order valence-corrected chi connectivity index (χ3v) is 5.72. The molecule has 3 aromatic rings. The van der Waals surface area contributed by atoms with E-state index in [1.54, 1.807) is 0 Å². The molecule has 3 N–H and O–H groups in total. The lowest BCUT2D eigenvalue weighted by atomic mass is 9.82. The van der Waals surface area contributed by atoms with Crippen LogP contribution in [0, 0.1) is 5.82 Å². The van der Waals surface area contributed by atoms with Crippen LogP contribution in [0.1, 0.15) is 50.4 Å². The molecule has 0 fully saturated rings. The number of aromatic nitrogens is 3. The van der Waals surface area contributed by atoms with Gasteiger partial charge in [-0.2, -0.15) is 5.10 Å². The summed E-state index contributed by atoms with van der Waals surface area (Å²) in [6.45, 7) is 1.20. The zero-order chi connectivity index (χ0) is 20.7. The van der Waals surface area contributed by atoms with Crippen molar-refractivity contribution in [2.24, 2.45) is 4.99 Å². The lowest BCUT2D eigenvalue weighted by Gasteiger charge is -2.27. The number of halogens is 1. The van der Waals surface area contributed by atoms with Crippen molar-refractivity contribution in [3.63, 3.8) is 0 Å². The minimum atomic E-state index is -0.411. The van der Waals surface area contributed by atoms with Crippen LogP contribution in [0.2, 0.25) is 0 Å². The molecule has 3 heterocycles. The highest BCUT2D eigenvalue weighted by Gasteiger charge is 2.39. The Morgan fingerprint density at radius 1 is 1.23 bits per heavy atom. The molecule has 2 aliphatic heterocycles. The van der Waals surface area contributed by atoms with Gasteiger partial charge in [0.05, 0.1) is 11.6 Å². The fourth-order valence-electron chi connectivity index (χ4n) is 4.41. The first-order valence-corrected chi connectivity index (χ1v) is 9.88. The minimum absolute atomic E-state index is 0.00366. The van der Waals surface area contributed by atoms with Crippen molar-refractivity contribution in [3.05, 3.63) is 82.2 Å². The van der Waals surface area contributed by atoms with E-state index < -0.39 is 5.82 Å². The van der Waals surface area contributed by atoms with Crippen LogP contribution in [0.3, 0.4) is 0 Å². The van der Waals surface area contributed by atoms with Gasteiger partial charge in [0.15, 0.2) is 5.78 Å². The molecule has 8 heteroatoms. The average Bonchev–Trinajstić information content (AvgIpc) is 3.22. The summed E-state index contributed by atoms with van der Waals surface area (Å²) >= 11 is 0. The van der Waals surface area contributed by atoms with Gasteiger partial charge in [0.1, 0.15) is 24.5 Å². The Hall–Kier alpha value is -3.23. The standard InChI is InChI=1S/C22H21FN6O/c1-24-8-12-2-4-13(5-3-12)20-19(22-27-11-28-29-22)21-18-14(9-25-20)6-15(23)7-16(18)17(30)10-26-21/h2-7,11,19-20,24-25H,8-10H2,1H3,(H,27,28,29). The zero-order valence-electron chi connectivity index (χ0n) is 16.4. The van der Waals surface area contributed by atoms with Crippen molar-refractivity contribution in [2.45, 2.75) is 25.0 Å². The third kappa shape index (κ3) is 3.14. The highest BCUT2D eigenvalue weighted by atomic mass is 19.1. The van der Waals surface area contributed by atoms with Crippen molar-refractivity contribution in [3.8, 4) is 0 Å². The number of carbonyl (C=O) groups is 1. The summed E-state index contributed by atoms with van der Waals surface area (Å²) in [5.41, 5.74) is 4.83. The van der Waals surface area contributed by atoms with E-state index in [0.29, 0.717) is 17.9 Å². The number of aliphatic imine (C=N–C) groups is 1. The fraction of sp³-hybridized carbons (Fsp3) is 0.273. The maximum absolute atomic E-state index is 14.3. The number of ketones is 1. The number of H-pyrrole nitrogens is 1. The SMILES string of the molecule is CNCc1ccc(C2NCc3cc(F)cc4c3C(=NCC4=O)C2c2ncn[nH]2)cc1. The van der Waals surface area contributed by atoms with E-state index in [-0.39, 0.29) is 24.3 Å². The smallest absolute Gasteiger partial charge is 0.184 e. The largest absolute Gasteiger partial charge is 0.316 e. The molecule has 0 aliphatic carbocycles. The van der Waals surface area contributed by atoms with Gasteiger partial charge in [0, 0.05) is 30.3 Å². The first kappa shape index (κ1) is 18.8. The number of hydrogen-bond acceptors (Lipinski definition) is 6.